The van der Waals surface area contributed by atoms with E-state index in [9.17, 15) is 4.79 Å². The lowest BCUT2D eigenvalue weighted by Crippen LogP contribution is -2.25. The molecule has 0 spiro atoms. The smallest absolute Gasteiger partial charge is 0.263 e. The Morgan fingerprint density at radius 3 is 2.74 bits per heavy atom. The van der Waals surface area contributed by atoms with Crippen LogP contribution in [0.4, 0.5) is 5.82 Å². The fourth-order valence-corrected chi connectivity index (χ4v) is 4.69. The molecule has 4 aromatic heterocycles. The fraction of sp³-hybridized carbons (Fsp3) is 0.136. The van der Waals surface area contributed by atoms with Crippen molar-refractivity contribution in [2.24, 2.45) is 0 Å². The molecular formula is C22H18IN7O. The number of nitrogen functional groups attached to an aromatic ring is 1. The molecule has 5 rings (SSSR count). The molecule has 0 aliphatic rings. The number of aryl methyl sites for hydroxylation is 2. The highest BCUT2D eigenvalue weighted by molar-refractivity contribution is 14.1. The van der Waals surface area contributed by atoms with Crippen molar-refractivity contribution in [2.75, 3.05) is 5.73 Å². The predicted octanol–water partition coefficient (Wildman–Crippen LogP) is 3.38. The van der Waals surface area contributed by atoms with E-state index in [2.05, 4.69) is 42.6 Å². The number of halogens is 1. The monoisotopic (exact) mass is 523 g/mol. The molecule has 0 aliphatic heterocycles. The summed E-state index contributed by atoms with van der Waals surface area (Å²) in [6, 6.07) is 9.79. The van der Waals surface area contributed by atoms with E-state index in [4.69, 9.17) is 5.73 Å². The summed E-state index contributed by atoms with van der Waals surface area (Å²) >= 11 is 2.13. The van der Waals surface area contributed by atoms with E-state index in [1.807, 2.05) is 44.2 Å². The van der Waals surface area contributed by atoms with E-state index in [1.165, 1.54) is 6.33 Å². The van der Waals surface area contributed by atoms with Crippen LogP contribution in [0.3, 0.4) is 0 Å². The van der Waals surface area contributed by atoms with Crippen molar-refractivity contribution in [1.82, 2.24) is 29.3 Å². The van der Waals surface area contributed by atoms with Crippen molar-refractivity contribution in [3.63, 3.8) is 0 Å². The zero-order valence-corrected chi connectivity index (χ0v) is 19.0. The Morgan fingerprint density at radius 2 is 1.94 bits per heavy atom. The minimum absolute atomic E-state index is 0.0815. The number of pyridine rings is 2. The molecule has 4 heterocycles. The van der Waals surface area contributed by atoms with E-state index >= 15 is 0 Å². The Kier molecular flexibility index (Phi) is 4.69. The summed E-state index contributed by atoms with van der Waals surface area (Å²) in [5.74, 6) is 0.385. The molecule has 0 radical (unpaired) electrons. The van der Waals surface area contributed by atoms with E-state index < -0.39 is 0 Å². The zero-order valence-electron chi connectivity index (χ0n) is 16.9. The van der Waals surface area contributed by atoms with Crippen LogP contribution in [0.2, 0.25) is 0 Å². The first-order valence-corrected chi connectivity index (χ1v) is 10.7. The van der Waals surface area contributed by atoms with Crippen molar-refractivity contribution in [2.45, 2.75) is 20.4 Å². The van der Waals surface area contributed by atoms with Gasteiger partial charge in [0.1, 0.15) is 15.8 Å². The van der Waals surface area contributed by atoms with Gasteiger partial charge in [-0.2, -0.15) is 5.10 Å². The second-order valence-corrected chi connectivity index (χ2v) is 8.41. The SMILES string of the molecule is Cc1ccncc1-n1c(Cn2nc(I)c3c(N)ncnc32)cc2cccc(C)c2c1=O. The van der Waals surface area contributed by atoms with Crippen LogP contribution in [-0.2, 0) is 6.54 Å². The van der Waals surface area contributed by atoms with Gasteiger partial charge in [0.05, 0.1) is 29.2 Å². The van der Waals surface area contributed by atoms with Crippen LogP contribution < -0.4 is 11.3 Å². The van der Waals surface area contributed by atoms with Gasteiger partial charge in [0.25, 0.3) is 5.56 Å². The second-order valence-electron chi connectivity index (χ2n) is 7.38. The molecule has 0 unspecified atom stereocenters. The van der Waals surface area contributed by atoms with E-state index in [0.29, 0.717) is 32.5 Å². The lowest BCUT2D eigenvalue weighted by atomic mass is 10.1. The number of hydrogen-bond donors (Lipinski definition) is 1. The molecular weight excluding hydrogens is 505 g/mol. The van der Waals surface area contributed by atoms with Crippen LogP contribution in [-0.4, -0.2) is 29.3 Å². The van der Waals surface area contributed by atoms with Crippen LogP contribution in [0.25, 0.3) is 27.5 Å². The molecule has 154 valence electrons. The van der Waals surface area contributed by atoms with Crippen molar-refractivity contribution in [1.29, 1.82) is 0 Å². The highest BCUT2D eigenvalue weighted by atomic mass is 127. The summed E-state index contributed by atoms with van der Waals surface area (Å²) in [4.78, 5) is 26.4. The first-order valence-electron chi connectivity index (χ1n) is 9.63. The topological polar surface area (TPSA) is 105 Å². The van der Waals surface area contributed by atoms with Crippen LogP contribution >= 0.6 is 22.6 Å². The van der Waals surface area contributed by atoms with Crippen LogP contribution in [0.1, 0.15) is 16.8 Å². The molecule has 0 fully saturated rings. The third-order valence-electron chi connectivity index (χ3n) is 5.41. The summed E-state index contributed by atoms with van der Waals surface area (Å²) in [5.41, 5.74) is 10.0. The normalized spacial score (nSPS) is 11.5. The molecule has 0 saturated heterocycles. The molecule has 9 heteroatoms. The maximum atomic E-state index is 13.7. The predicted molar refractivity (Wildman–Crippen MR) is 128 cm³/mol. The summed E-state index contributed by atoms with van der Waals surface area (Å²) in [5, 5.41) is 6.92. The van der Waals surface area contributed by atoms with Gasteiger partial charge in [0.2, 0.25) is 0 Å². The molecule has 0 bridgehead atoms. The molecule has 1 aromatic carbocycles. The van der Waals surface area contributed by atoms with E-state index in [1.54, 1.807) is 21.6 Å². The van der Waals surface area contributed by atoms with Crippen molar-refractivity contribution >= 4 is 50.2 Å². The standard InChI is InChI=1S/C22H18IN7O/c1-12-6-7-25-9-16(12)30-15(8-14-5-3-4-13(2)17(14)22(30)31)10-29-21-18(19(23)28-29)20(24)26-11-27-21/h3-9,11H,10H2,1-2H3,(H2,24,26,27). The lowest BCUT2D eigenvalue weighted by Gasteiger charge is -2.17. The summed E-state index contributed by atoms with van der Waals surface area (Å²) in [6.45, 7) is 4.26. The minimum Gasteiger partial charge on any atom is -0.383 e. The first kappa shape index (κ1) is 19.6. The molecule has 31 heavy (non-hydrogen) atoms. The number of anilines is 1. The molecule has 0 amide bonds. The fourth-order valence-electron chi connectivity index (χ4n) is 3.91. The maximum Gasteiger partial charge on any atom is 0.263 e. The molecule has 0 aliphatic carbocycles. The first-order chi connectivity index (χ1) is 15.0. The Morgan fingerprint density at radius 1 is 1.10 bits per heavy atom. The van der Waals surface area contributed by atoms with Gasteiger partial charge >= 0.3 is 0 Å². The zero-order chi connectivity index (χ0) is 21.7. The summed E-state index contributed by atoms with van der Waals surface area (Å²) < 4.78 is 4.20. The Labute approximate surface area is 190 Å². The number of rotatable bonds is 3. The van der Waals surface area contributed by atoms with Crippen molar-refractivity contribution in [3.05, 3.63) is 79.9 Å². The number of hydrogen-bond acceptors (Lipinski definition) is 6. The van der Waals surface area contributed by atoms with Gasteiger partial charge < -0.3 is 5.73 Å². The number of nitrogens with two attached hydrogens (primary N) is 1. The number of aromatic nitrogens is 6. The van der Waals surface area contributed by atoms with Crippen LogP contribution in [0.15, 0.2) is 53.8 Å². The second kappa shape index (κ2) is 7.41. The molecule has 8 nitrogen and oxygen atoms in total. The third kappa shape index (κ3) is 3.16. The molecule has 2 N–H and O–H groups in total. The lowest BCUT2D eigenvalue weighted by molar-refractivity contribution is 0.664. The van der Waals surface area contributed by atoms with Gasteiger partial charge in [0, 0.05) is 11.9 Å². The van der Waals surface area contributed by atoms with Gasteiger partial charge in [-0.15, -0.1) is 0 Å². The Balaban J connectivity index is 1.82. The average Bonchev–Trinajstić information content (AvgIpc) is 3.05. The van der Waals surface area contributed by atoms with Gasteiger partial charge in [-0.05, 0) is 65.1 Å². The summed E-state index contributed by atoms with van der Waals surface area (Å²) in [7, 11) is 0. The maximum absolute atomic E-state index is 13.7. The molecule has 0 atom stereocenters. The van der Waals surface area contributed by atoms with Gasteiger partial charge in [-0.1, -0.05) is 18.2 Å². The summed E-state index contributed by atoms with van der Waals surface area (Å²) in [6.07, 6.45) is 4.86. The number of fused-ring (bicyclic) bond motifs is 2. The van der Waals surface area contributed by atoms with Crippen LogP contribution in [0.5, 0.6) is 0 Å². The van der Waals surface area contributed by atoms with Gasteiger partial charge in [-0.3, -0.25) is 14.3 Å². The molecule has 0 saturated carbocycles. The minimum atomic E-state index is -0.0815. The Hall–Kier alpha value is -3.34. The Bertz CT molecular complexity index is 1540. The highest BCUT2D eigenvalue weighted by Crippen LogP contribution is 2.25. The number of nitrogens with zero attached hydrogens (tertiary/aromatic N) is 6. The average molecular weight is 523 g/mol. The highest BCUT2D eigenvalue weighted by Gasteiger charge is 2.18. The molecule has 5 aromatic rings. The quantitative estimate of drug-likeness (QED) is 0.364. The van der Waals surface area contributed by atoms with Gasteiger partial charge in [0.15, 0.2) is 5.65 Å². The van der Waals surface area contributed by atoms with Crippen molar-refractivity contribution < 1.29 is 0 Å². The van der Waals surface area contributed by atoms with E-state index in [0.717, 1.165) is 27.9 Å². The van der Waals surface area contributed by atoms with Gasteiger partial charge in [-0.25, -0.2) is 14.6 Å². The van der Waals surface area contributed by atoms with E-state index in [-0.39, 0.29) is 5.56 Å². The largest absolute Gasteiger partial charge is 0.383 e. The van der Waals surface area contributed by atoms with Crippen LogP contribution in [0, 0.1) is 17.5 Å². The number of benzene rings is 1. The van der Waals surface area contributed by atoms with Crippen molar-refractivity contribution in [3.8, 4) is 5.69 Å². The third-order valence-corrected chi connectivity index (χ3v) is 6.17.